The maximum Gasteiger partial charge on any atom is 0.309 e. The molecule has 0 radical (unpaired) electrons. The van der Waals surface area contributed by atoms with Crippen LogP contribution in [0.4, 0.5) is 8.78 Å². The molecule has 16 heavy (non-hydrogen) atoms. The van der Waals surface area contributed by atoms with Gasteiger partial charge in [0.05, 0.1) is 0 Å². The van der Waals surface area contributed by atoms with Crippen molar-refractivity contribution >= 4 is 5.97 Å². The van der Waals surface area contributed by atoms with Crippen LogP contribution in [0.2, 0.25) is 0 Å². The second-order valence-corrected chi connectivity index (χ2v) is 3.53. The Labute approximate surface area is 91.7 Å². The van der Waals surface area contributed by atoms with E-state index in [1.807, 2.05) is 6.92 Å². The topological polar surface area (TPSA) is 46.5 Å². The summed E-state index contributed by atoms with van der Waals surface area (Å²) in [5.41, 5.74) is 0.990. The molecule has 0 aliphatic carbocycles. The Kier molecular flexibility index (Phi) is 3.82. The van der Waals surface area contributed by atoms with Crippen molar-refractivity contribution in [3.63, 3.8) is 0 Å². The lowest BCUT2D eigenvalue weighted by Crippen LogP contribution is -2.28. The van der Waals surface area contributed by atoms with E-state index in [2.05, 4.69) is 0 Å². The molecular formula is C11H12F2O3. The minimum absolute atomic E-state index is 0.302. The summed E-state index contributed by atoms with van der Waals surface area (Å²) in [6.45, 7) is 0.936. The van der Waals surface area contributed by atoms with Gasteiger partial charge in [0.25, 0.3) is 5.92 Å². The molecule has 0 saturated heterocycles. The van der Waals surface area contributed by atoms with Crippen LogP contribution in [-0.2, 0) is 4.79 Å². The predicted octanol–water partition coefficient (Wildman–Crippen LogP) is 2.48. The third-order valence-corrected chi connectivity index (χ3v) is 1.88. The van der Waals surface area contributed by atoms with Crippen molar-refractivity contribution < 1.29 is 23.4 Å². The van der Waals surface area contributed by atoms with Crippen LogP contribution in [0.1, 0.15) is 12.0 Å². The van der Waals surface area contributed by atoms with Crippen molar-refractivity contribution in [3.05, 3.63) is 29.8 Å². The summed E-state index contributed by atoms with van der Waals surface area (Å²) >= 11 is 0. The maximum absolute atomic E-state index is 12.9. The number of alkyl halides is 2. The van der Waals surface area contributed by atoms with Crippen LogP contribution in [-0.4, -0.2) is 23.6 Å². The standard InChI is InChI=1S/C11H12F2O3/c1-8-2-4-9(5-3-8)16-7-11(12,13)6-10(14)15/h2-5H,6-7H2,1H3,(H,14,15). The van der Waals surface area contributed by atoms with Crippen LogP contribution < -0.4 is 4.74 Å². The number of benzene rings is 1. The van der Waals surface area contributed by atoms with E-state index >= 15 is 0 Å². The number of aryl methyl sites for hydroxylation is 1. The molecule has 1 aromatic carbocycles. The van der Waals surface area contributed by atoms with E-state index in [0.29, 0.717) is 5.75 Å². The lowest BCUT2D eigenvalue weighted by Gasteiger charge is -2.14. The van der Waals surface area contributed by atoms with Gasteiger partial charge in [-0.1, -0.05) is 17.7 Å². The van der Waals surface area contributed by atoms with Crippen molar-refractivity contribution in [1.82, 2.24) is 0 Å². The average molecular weight is 230 g/mol. The van der Waals surface area contributed by atoms with Crippen molar-refractivity contribution in [2.75, 3.05) is 6.61 Å². The molecule has 0 atom stereocenters. The van der Waals surface area contributed by atoms with Gasteiger partial charge in [0.15, 0.2) is 6.61 Å². The number of aliphatic carboxylic acids is 1. The van der Waals surface area contributed by atoms with E-state index in [1.165, 1.54) is 0 Å². The number of carboxylic acid groups (broad SMARTS) is 1. The number of ether oxygens (including phenoxy) is 1. The zero-order valence-electron chi connectivity index (χ0n) is 8.74. The fourth-order valence-corrected chi connectivity index (χ4v) is 1.10. The summed E-state index contributed by atoms with van der Waals surface area (Å²) in [6, 6.07) is 6.58. The Morgan fingerprint density at radius 1 is 1.38 bits per heavy atom. The molecule has 1 aromatic rings. The smallest absolute Gasteiger partial charge is 0.309 e. The van der Waals surface area contributed by atoms with Crippen molar-refractivity contribution in [1.29, 1.82) is 0 Å². The van der Waals surface area contributed by atoms with Crippen molar-refractivity contribution in [2.24, 2.45) is 0 Å². The van der Waals surface area contributed by atoms with E-state index in [-0.39, 0.29) is 0 Å². The minimum Gasteiger partial charge on any atom is -0.487 e. The molecule has 0 aromatic heterocycles. The Balaban J connectivity index is 2.50. The van der Waals surface area contributed by atoms with Crippen molar-refractivity contribution in [3.8, 4) is 5.75 Å². The fourth-order valence-electron chi connectivity index (χ4n) is 1.10. The lowest BCUT2D eigenvalue weighted by atomic mass is 10.2. The summed E-state index contributed by atoms with van der Waals surface area (Å²) in [5, 5.41) is 8.25. The molecule has 0 unspecified atom stereocenters. The van der Waals surface area contributed by atoms with Gasteiger partial charge < -0.3 is 9.84 Å². The monoisotopic (exact) mass is 230 g/mol. The van der Waals surface area contributed by atoms with E-state index in [1.54, 1.807) is 24.3 Å². The Hall–Kier alpha value is -1.65. The van der Waals surface area contributed by atoms with Gasteiger partial charge in [0, 0.05) is 0 Å². The Morgan fingerprint density at radius 2 is 1.94 bits per heavy atom. The summed E-state index contributed by atoms with van der Waals surface area (Å²) in [4.78, 5) is 10.1. The number of hydrogen-bond donors (Lipinski definition) is 1. The zero-order chi connectivity index (χ0) is 12.2. The van der Waals surface area contributed by atoms with E-state index < -0.39 is 24.9 Å². The molecule has 3 nitrogen and oxygen atoms in total. The Morgan fingerprint density at radius 3 is 2.44 bits per heavy atom. The second kappa shape index (κ2) is 4.92. The van der Waals surface area contributed by atoms with Gasteiger partial charge in [-0.15, -0.1) is 0 Å². The molecule has 0 bridgehead atoms. The molecule has 0 saturated carbocycles. The van der Waals surface area contributed by atoms with Gasteiger partial charge in [0.2, 0.25) is 0 Å². The normalized spacial score (nSPS) is 11.2. The first-order valence-corrected chi connectivity index (χ1v) is 4.68. The number of halogens is 2. The van der Waals surface area contributed by atoms with E-state index in [9.17, 15) is 13.6 Å². The molecule has 1 rings (SSSR count). The highest BCUT2D eigenvalue weighted by Gasteiger charge is 2.33. The highest BCUT2D eigenvalue weighted by molar-refractivity contribution is 5.67. The minimum atomic E-state index is -3.35. The lowest BCUT2D eigenvalue weighted by molar-refractivity contribution is -0.147. The third kappa shape index (κ3) is 4.25. The van der Waals surface area contributed by atoms with E-state index in [0.717, 1.165) is 5.56 Å². The first-order chi connectivity index (χ1) is 7.39. The third-order valence-electron chi connectivity index (χ3n) is 1.88. The van der Waals surface area contributed by atoms with Crippen LogP contribution in [0.3, 0.4) is 0 Å². The van der Waals surface area contributed by atoms with Crippen LogP contribution in [0, 0.1) is 6.92 Å². The SMILES string of the molecule is Cc1ccc(OCC(F)(F)CC(=O)O)cc1. The van der Waals surface area contributed by atoms with Gasteiger partial charge >= 0.3 is 5.97 Å². The van der Waals surface area contributed by atoms with Gasteiger partial charge in [0.1, 0.15) is 12.2 Å². The molecule has 0 spiro atoms. The maximum atomic E-state index is 12.9. The van der Waals surface area contributed by atoms with Gasteiger partial charge in [-0.2, -0.15) is 0 Å². The number of rotatable bonds is 5. The summed E-state index contributed by atoms with van der Waals surface area (Å²) in [5.74, 6) is -4.59. The fraction of sp³-hybridized carbons (Fsp3) is 0.364. The molecule has 0 fully saturated rings. The first kappa shape index (κ1) is 12.4. The molecule has 0 aliphatic heterocycles. The van der Waals surface area contributed by atoms with Crippen molar-refractivity contribution in [2.45, 2.75) is 19.3 Å². The van der Waals surface area contributed by atoms with Gasteiger partial charge in [-0.05, 0) is 19.1 Å². The molecule has 0 aliphatic rings. The van der Waals surface area contributed by atoms with Crippen LogP contribution >= 0.6 is 0 Å². The molecule has 0 amide bonds. The Bertz CT molecular complexity index is 360. The van der Waals surface area contributed by atoms with Crippen LogP contribution in [0.25, 0.3) is 0 Å². The summed E-state index contributed by atoms with van der Waals surface area (Å²) < 4.78 is 30.7. The van der Waals surface area contributed by atoms with Crippen LogP contribution in [0.15, 0.2) is 24.3 Å². The average Bonchev–Trinajstić information content (AvgIpc) is 2.15. The molecule has 5 heteroatoms. The van der Waals surface area contributed by atoms with Gasteiger partial charge in [-0.3, -0.25) is 4.79 Å². The number of hydrogen-bond acceptors (Lipinski definition) is 2. The number of carbonyl (C=O) groups is 1. The largest absolute Gasteiger partial charge is 0.487 e. The highest BCUT2D eigenvalue weighted by atomic mass is 19.3. The molecule has 1 N–H and O–H groups in total. The predicted molar refractivity (Wildman–Crippen MR) is 53.9 cm³/mol. The highest BCUT2D eigenvalue weighted by Crippen LogP contribution is 2.21. The zero-order valence-corrected chi connectivity index (χ0v) is 8.74. The number of carboxylic acids is 1. The first-order valence-electron chi connectivity index (χ1n) is 4.68. The molecule has 88 valence electrons. The van der Waals surface area contributed by atoms with E-state index in [4.69, 9.17) is 9.84 Å². The van der Waals surface area contributed by atoms with Crippen LogP contribution in [0.5, 0.6) is 5.75 Å². The summed E-state index contributed by atoms with van der Waals surface area (Å²) in [6.07, 6.45) is -1.22. The molecule has 0 heterocycles. The quantitative estimate of drug-likeness (QED) is 0.845. The summed E-state index contributed by atoms with van der Waals surface area (Å²) in [7, 11) is 0. The van der Waals surface area contributed by atoms with Gasteiger partial charge in [-0.25, -0.2) is 8.78 Å². The molecular weight excluding hydrogens is 218 g/mol. The second-order valence-electron chi connectivity index (χ2n) is 3.53.